The maximum atomic E-state index is 7.04. The van der Waals surface area contributed by atoms with Crippen LogP contribution in [0.15, 0.2) is 121 Å². The van der Waals surface area contributed by atoms with Crippen molar-refractivity contribution in [3.05, 3.63) is 138 Å². The van der Waals surface area contributed by atoms with E-state index >= 15 is 0 Å². The number of hydrogen-bond acceptors (Lipinski definition) is 6. The molecule has 210 valence electrons. The molecule has 0 fully saturated rings. The molecule has 0 aliphatic carbocycles. The maximum absolute atomic E-state index is 7.04. The van der Waals surface area contributed by atoms with Gasteiger partial charge in [-0.05, 0) is 16.7 Å². The van der Waals surface area contributed by atoms with Crippen molar-refractivity contribution in [2.45, 2.75) is 18.1 Å². The Hall–Kier alpha value is -2.49. The predicted octanol–water partition coefficient (Wildman–Crippen LogP) is 3.83. The average Bonchev–Trinajstić information content (AvgIpc) is 3.02. The summed E-state index contributed by atoms with van der Waals surface area (Å²) < 4.78 is 39.2. The van der Waals surface area contributed by atoms with Crippen LogP contribution in [0, 0.1) is 0 Å². The molecule has 0 bridgehead atoms. The molecule has 0 aromatic heterocycles. The van der Waals surface area contributed by atoms with E-state index in [1.807, 2.05) is 84.9 Å². The first-order valence-electron chi connectivity index (χ1n) is 13.4. The van der Waals surface area contributed by atoms with Crippen molar-refractivity contribution in [3.8, 4) is 0 Å². The highest BCUT2D eigenvalue weighted by Gasteiger charge is 2.50. The van der Waals surface area contributed by atoms with E-state index in [-0.39, 0.29) is 0 Å². The van der Waals surface area contributed by atoms with Crippen LogP contribution in [-0.2, 0) is 43.8 Å². The van der Waals surface area contributed by atoms with Gasteiger partial charge in [0, 0.05) is 44.6 Å². The molecule has 0 aliphatic heterocycles. The first kappa shape index (κ1) is 30.5. The topological polar surface area (TPSA) is 55.4 Å². The zero-order valence-corrected chi connectivity index (χ0v) is 27.8. The fourth-order valence-corrected chi connectivity index (χ4v) is 17.6. The van der Waals surface area contributed by atoms with Gasteiger partial charge in [-0.25, -0.2) is 0 Å². The molecular formula is C30H38O6Si4. The van der Waals surface area contributed by atoms with Crippen LogP contribution < -0.4 is 5.19 Å². The van der Waals surface area contributed by atoms with Crippen molar-refractivity contribution in [2.24, 2.45) is 0 Å². The first-order valence-corrected chi connectivity index (χ1v) is 20.4. The summed E-state index contributed by atoms with van der Waals surface area (Å²) in [6, 6.07) is 42.9. The molecule has 0 radical (unpaired) electrons. The standard InChI is InChI=1S/C30H38O6Si4/c1-31-37(24-27-16-8-4-9-17-27)34-40(30-22-14-7-15-23-30,35-38(32-2)25-28-18-10-5-11-19-28)36-39(33-3)26-29-20-12-6-13-21-29/h4-23,37-39H,24-26H2,1-3H3. The highest BCUT2D eigenvalue weighted by molar-refractivity contribution is 6.87. The Morgan fingerprint density at radius 2 is 0.700 bits per heavy atom. The van der Waals surface area contributed by atoms with Crippen LogP contribution >= 0.6 is 0 Å². The van der Waals surface area contributed by atoms with E-state index in [9.17, 15) is 0 Å². The zero-order chi connectivity index (χ0) is 28.0. The van der Waals surface area contributed by atoms with Crippen molar-refractivity contribution in [3.63, 3.8) is 0 Å². The summed E-state index contributed by atoms with van der Waals surface area (Å²) >= 11 is 0. The molecule has 0 spiro atoms. The fraction of sp³-hybridized carbons (Fsp3) is 0.200. The van der Waals surface area contributed by atoms with Gasteiger partial charge < -0.3 is 25.6 Å². The van der Waals surface area contributed by atoms with E-state index in [1.165, 1.54) is 0 Å². The molecule has 6 nitrogen and oxygen atoms in total. The quantitative estimate of drug-likeness (QED) is 0.181. The minimum atomic E-state index is -3.58. The predicted molar refractivity (Wildman–Crippen MR) is 168 cm³/mol. The summed E-state index contributed by atoms with van der Waals surface area (Å²) in [7, 11) is -5.32. The van der Waals surface area contributed by atoms with E-state index in [4.69, 9.17) is 25.6 Å². The summed E-state index contributed by atoms with van der Waals surface area (Å²) in [6.07, 6.45) is 0. The lowest BCUT2D eigenvalue weighted by Crippen LogP contribution is -2.65. The Bertz CT molecular complexity index is 1110. The third-order valence-electron chi connectivity index (χ3n) is 6.51. The molecule has 4 aromatic carbocycles. The van der Waals surface area contributed by atoms with Gasteiger partial charge in [0.2, 0.25) is 0 Å². The zero-order valence-electron chi connectivity index (χ0n) is 23.3. The van der Waals surface area contributed by atoms with Crippen molar-refractivity contribution < 1.29 is 25.6 Å². The second kappa shape index (κ2) is 16.1. The largest absolute Gasteiger partial charge is 0.509 e. The molecule has 4 rings (SSSR count). The van der Waals surface area contributed by atoms with E-state index in [0.717, 1.165) is 21.9 Å². The van der Waals surface area contributed by atoms with Gasteiger partial charge in [0.05, 0.1) is 0 Å². The van der Waals surface area contributed by atoms with Crippen molar-refractivity contribution in [2.75, 3.05) is 21.3 Å². The molecule has 10 heteroatoms. The number of rotatable bonds is 16. The third kappa shape index (κ3) is 9.01. The minimum absolute atomic E-state index is 0.682. The highest BCUT2D eigenvalue weighted by atomic mass is 28.5. The van der Waals surface area contributed by atoms with Crippen LogP contribution in [0.3, 0.4) is 0 Å². The SMILES string of the molecule is CO[SiH](Cc1ccccc1)O[Si](O[SiH](Cc1ccccc1)OC)(O[SiH](Cc1ccccc1)OC)c1ccccc1. The lowest BCUT2D eigenvalue weighted by Gasteiger charge is -2.37. The molecular weight excluding hydrogens is 569 g/mol. The van der Waals surface area contributed by atoms with Gasteiger partial charge >= 0.3 is 36.7 Å². The highest BCUT2D eigenvalue weighted by Crippen LogP contribution is 2.21. The van der Waals surface area contributed by atoms with E-state index in [1.54, 1.807) is 21.3 Å². The van der Waals surface area contributed by atoms with E-state index in [0.29, 0.717) is 18.1 Å². The van der Waals surface area contributed by atoms with Crippen LogP contribution in [-0.4, -0.2) is 58.0 Å². The summed E-state index contributed by atoms with van der Waals surface area (Å²) in [4.78, 5) is 0. The Morgan fingerprint density at radius 3 is 0.975 bits per heavy atom. The van der Waals surface area contributed by atoms with Crippen LogP contribution in [0.5, 0.6) is 0 Å². The van der Waals surface area contributed by atoms with Gasteiger partial charge in [0.15, 0.2) is 0 Å². The Kier molecular flexibility index (Phi) is 12.2. The summed E-state index contributed by atoms with van der Waals surface area (Å²) in [5.74, 6) is 0. The van der Waals surface area contributed by atoms with Gasteiger partial charge in [-0.2, -0.15) is 0 Å². The molecule has 0 amide bonds. The maximum Gasteiger partial charge on any atom is 0.509 e. The molecule has 0 heterocycles. The molecule has 4 aromatic rings. The van der Waals surface area contributed by atoms with E-state index in [2.05, 4.69) is 36.4 Å². The van der Waals surface area contributed by atoms with Gasteiger partial charge in [-0.3, -0.25) is 0 Å². The summed E-state index contributed by atoms with van der Waals surface area (Å²) in [5.41, 5.74) is 3.48. The fourth-order valence-electron chi connectivity index (χ4n) is 4.39. The Morgan fingerprint density at radius 1 is 0.425 bits per heavy atom. The average molecular weight is 607 g/mol. The van der Waals surface area contributed by atoms with Gasteiger partial charge in [0.1, 0.15) is 0 Å². The molecule has 3 unspecified atom stereocenters. The van der Waals surface area contributed by atoms with Crippen molar-refractivity contribution >= 4 is 41.8 Å². The second-order valence-corrected chi connectivity index (χ2v) is 19.1. The first-order chi connectivity index (χ1) is 19.6. The summed E-state index contributed by atoms with van der Waals surface area (Å²) in [5, 5.41) is 0.892. The monoisotopic (exact) mass is 606 g/mol. The normalized spacial score (nSPS) is 15.2. The van der Waals surface area contributed by atoms with E-state index < -0.39 is 36.7 Å². The lowest BCUT2D eigenvalue weighted by atomic mass is 10.2. The smallest absolute Gasteiger partial charge is 0.400 e. The van der Waals surface area contributed by atoms with Crippen LogP contribution in [0.25, 0.3) is 0 Å². The van der Waals surface area contributed by atoms with Crippen molar-refractivity contribution in [1.82, 2.24) is 0 Å². The molecule has 0 saturated heterocycles. The molecule has 3 atom stereocenters. The van der Waals surface area contributed by atoms with Gasteiger partial charge in [-0.15, -0.1) is 0 Å². The number of benzene rings is 4. The van der Waals surface area contributed by atoms with Gasteiger partial charge in [0.25, 0.3) is 0 Å². The molecule has 0 N–H and O–H groups in total. The third-order valence-corrected chi connectivity index (χ3v) is 18.4. The second-order valence-electron chi connectivity index (χ2n) is 9.34. The van der Waals surface area contributed by atoms with Crippen LogP contribution in [0.4, 0.5) is 0 Å². The van der Waals surface area contributed by atoms with Gasteiger partial charge in [-0.1, -0.05) is 121 Å². The number of hydrogen-bond donors (Lipinski definition) is 0. The minimum Gasteiger partial charge on any atom is -0.400 e. The Balaban J connectivity index is 1.72. The molecule has 0 saturated carbocycles. The van der Waals surface area contributed by atoms with Crippen molar-refractivity contribution in [1.29, 1.82) is 0 Å². The molecule has 0 aliphatic rings. The van der Waals surface area contributed by atoms with Crippen LogP contribution in [0.2, 0.25) is 0 Å². The lowest BCUT2D eigenvalue weighted by molar-refractivity contribution is 0.192. The Labute approximate surface area is 244 Å². The van der Waals surface area contributed by atoms with Crippen LogP contribution in [0.1, 0.15) is 16.7 Å². The summed E-state index contributed by atoms with van der Waals surface area (Å²) in [6.45, 7) is 0. The molecule has 40 heavy (non-hydrogen) atoms.